The molecule has 1 aliphatic carbocycles. The third kappa shape index (κ3) is 4.36. The van der Waals surface area contributed by atoms with Crippen LogP contribution in [0.1, 0.15) is 51.0 Å². The van der Waals surface area contributed by atoms with E-state index in [0.717, 1.165) is 16.9 Å². The van der Waals surface area contributed by atoms with Crippen LogP contribution in [0.4, 0.5) is 0 Å². The number of nitrogens with one attached hydrogen (secondary N) is 1. The monoisotopic (exact) mass is 310 g/mol. The topological polar surface area (TPSA) is 24.9 Å². The van der Waals surface area contributed by atoms with Crippen LogP contribution in [-0.2, 0) is 6.54 Å². The summed E-state index contributed by atoms with van der Waals surface area (Å²) in [5.74, 6) is 0.854. The molecular weight excluding hydrogens is 288 g/mol. The summed E-state index contributed by atoms with van der Waals surface area (Å²) < 4.78 is 1.06. The van der Waals surface area contributed by atoms with Gasteiger partial charge in [-0.15, -0.1) is 0 Å². The minimum absolute atomic E-state index is 0.613. The molecule has 1 fully saturated rings. The summed E-state index contributed by atoms with van der Waals surface area (Å²) in [6.07, 6.45) is 12.2. The summed E-state index contributed by atoms with van der Waals surface area (Å²) in [6, 6.07) is 2.75. The van der Waals surface area contributed by atoms with E-state index >= 15 is 0 Å². The number of pyridine rings is 1. The zero-order chi connectivity index (χ0) is 12.8. The van der Waals surface area contributed by atoms with Gasteiger partial charge in [0.2, 0.25) is 0 Å². The third-order valence-electron chi connectivity index (χ3n) is 4.00. The Kier molecular flexibility index (Phi) is 5.64. The van der Waals surface area contributed by atoms with E-state index in [1.807, 2.05) is 12.4 Å². The second-order valence-electron chi connectivity index (χ2n) is 5.43. The van der Waals surface area contributed by atoms with Gasteiger partial charge in [0.25, 0.3) is 0 Å². The van der Waals surface area contributed by atoms with Gasteiger partial charge in [0.15, 0.2) is 0 Å². The molecule has 0 bridgehead atoms. The molecule has 1 N–H and O–H groups in total. The zero-order valence-electron chi connectivity index (χ0n) is 11.2. The van der Waals surface area contributed by atoms with Crippen molar-refractivity contribution in [2.75, 3.05) is 0 Å². The van der Waals surface area contributed by atoms with E-state index in [1.165, 1.54) is 44.1 Å². The first-order valence-corrected chi connectivity index (χ1v) is 7.88. The lowest BCUT2D eigenvalue weighted by molar-refractivity contribution is 0.336. The van der Waals surface area contributed by atoms with Gasteiger partial charge in [0, 0.05) is 29.5 Å². The van der Waals surface area contributed by atoms with Crippen molar-refractivity contribution in [1.29, 1.82) is 0 Å². The predicted octanol–water partition coefficient (Wildman–Crippen LogP) is 4.29. The maximum Gasteiger partial charge on any atom is 0.0410 e. The fraction of sp³-hybridized carbons (Fsp3) is 0.667. The summed E-state index contributed by atoms with van der Waals surface area (Å²) in [4.78, 5) is 4.20. The Morgan fingerprint density at radius 2 is 2.00 bits per heavy atom. The highest BCUT2D eigenvalue weighted by Gasteiger charge is 2.18. The third-order valence-corrected chi connectivity index (χ3v) is 4.43. The highest BCUT2D eigenvalue weighted by Crippen LogP contribution is 2.25. The van der Waals surface area contributed by atoms with Gasteiger partial charge in [-0.3, -0.25) is 4.98 Å². The summed E-state index contributed by atoms with van der Waals surface area (Å²) in [6.45, 7) is 3.26. The van der Waals surface area contributed by atoms with Crippen molar-refractivity contribution in [3.05, 3.63) is 28.5 Å². The minimum Gasteiger partial charge on any atom is -0.310 e. The Morgan fingerprint density at radius 1 is 1.28 bits per heavy atom. The van der Waals surface area contributed by atoms with Crippen molar-refractivity contribution in [2.24, 2.45) is 5.92 Å². The molecule has 0 aromatic carbocycles. The average Bonchev–Trinajstić information content (AvgIpc) is 2.65. The van der Waals surface area contributed by atoms with E-state index in [1.54, 1.807) is 0 Å². The van der Waals surface area contributed by atoms with Crippen LogP contribution in [0.15, 0.2) is 22.9 Å². The van der Waals surface area contributed by atoms with Gasteiger partial charge in [-0.2, -0.15) is 0 Å². The molecule has 3 heteroatoms. The average molecular weight is 311 g/mol. The smallest absolute Gasteiger partial charge is 0.0410 e. The molecule has 1 aliphatic rings. The van der Waals surface area contributed by atoms with Crippen molar-refractivity contribution in [3.8, 4) is 0 Å². The van der Waals surface area contributed by atoms with E-state index in [9.17, 15) is 0 Å². The van der Waals surface area contributed by atoms with Crippen LogP contribution in [0, 0.1) is 5.92 Å². The molecule has 0 unspecified atom stereocenters. The predicted molar refractivity (Wildman–Crippen MR) is 79.4 cm³/mol. The highest BCUT2D eigenvalue weighted by molar-refractivity contribution is 9.10. The largest absolute Gasteiger partial charge is 0.310 e. The Morgan fingerprint density at radius 3 is 2.67 bits per heavy atom. The second-order valence-corrected chi connectivity index (χ2v) is 6.35. The van der Waals surface area contributed by atoms with Crippen LogP contribution in [0.25, 0.3) is 0 Å². The summed E-state index contributed by atoms with van der Waals surface area (Å²) in [5, 5.41) is 3.66. The van der Waals surface area contributed by atoms with Crippen molar-refractivity contribution in [3.63, 3.8) is 0 Å². The highest BCUT2D eigenvalue weighted by atomic mass is 79.9. The number of halogens is 1. The van der Waals surface area contributed by atoms with Crippen molar-refractivity contribution in [2.45, 2.75) is 58.0 Å². The van der Waals surface area contributed by atoms with Crippen LogP contribution in [0.5, 0.6) is 0 Å². The van der Waals surface area contributed by atoms with Gasteiger partial charge in [0.05, 0.1) is 0 Å². The first-order valence-electron chi connectivity index (χ1n) is 7.08. The van der Waals surface area contributed by atoms with Gasteiger partial charge in [-0.1, -0.05) is 25.7 Å². The van der Waals surface area contributed by atoms with Crippen LogP contribution >= 0.6 is 15.9 Å². The normalized spacial score (nSPS) is 19.4. The summed E-state index contributed by atoms with van der Waals surface area (Å²) in [5.41, 5.74) is 1.25. The lowest BCUT2D eigenvalue weighted by Gasteiger charge is -2.23. The molecule has 0 spiro atoms. The number of hydrogen-bond acceptors (Lipinski definition) is 2. The number of rotatable bonds is 4. The molecule has 1 heterocycles. The number of aromatic nitrogens is 1. The summed E-state index contributed by atoms with van der Waals surface area (Å²) >= 11 is 3.47. The van der Waals surface area contributed by atoms with E-state index < -0.39 is 0 Å². The Labute approximate surface area is 119 Å². The molecule has 0 radical (unpaired) electrons. The van der Waals surface area contributed by atoms with E-state index in [-0.39, 0.29) is 0 Å². The van der Waals surface area contributed by atoms with Crippen LogP contribution in [0.3, 0.4) is 0 Å². The Hall–Kier alpha value is -0.410. The van der Waals surface area contributed by atoms with Gasteiger partial charge >= 0.3 is 0 Å². The zero-order valence-corrected chi connectivity index (χ0v) is 12.7. The molecule has 100 valence electrons. The second kappa shape index (κ2) is 7.25. The molecule has 18 heavy (non-hydrogen) atoms. The minimum atomic E-state index is 0.613. The molecule has 1 aromatic rings. The van der Waals surface area contributed by atoms with Crippen LogP contribution in [0.2, 0.25) is 0 Å². The van der Waals surface area contributed by atoms with Crippen molar-refractivity contribution < 1.29 is 0 Å². The Balaban J connectivity index is 1.81. The molecule has 0 aliphatic heterocycles. The lowest BCUT2D eigenvalue weighted by Crippen LogP contribution is -2.32. The van der Waals surface area contributed by atoms with Crippen molar-refractivity contribution >= 4 is 15.9 Å². The fourth-order valence-corrected chi connectivity index (χ4v) is 3.22. The molecule has 1 saturated carbocycles. The SMILES string of the molecule is C[C@@H](NCc1cncc(Br)c1)C1CCCCCC1. The molecular formula is C15H23BrN2. The maximum absolute atomic E-state index is 4.20. The van der Waals surface area contributed by atoms with E-state index in [0.29, 0.717) is 6.04 Å². The van der Waals surface area contributed by atoms with Crippen LogP contribution in [-0.4, -0.2) is 11.0 Å². The van der Waals surface area contributed by atoms with Crippen molar-refractivity contribution in [1.82, 2.24) is 10.3 Å². The van der Waals surface area contributed by atoms with Gasteiger partial charge in [-0.05, 0) is 53.2 Å². The first-order chi connectivity index (χ1) is 8.75. The lowest BCUT2D eigenvalue weighted by atomic mass is 9.93. The first kappa shape index (κ1) is 14.0. The van der Waals surface area contributed by atoms with Gasteiger partial charge in [-0.25, -0.2) is 0 Å². The molecule has 0 saturated heterocycles. The molecule has 0 amide bonds. The molecule has 2 rings (SSSR count). The molecule has 2 nitrogen and oxygen atoms in total. The number of hydrogen-bond donors (Lipinski definition) is 1. The van der Waals surface area contributed by atoms with E-state index in [4.69, 9.17) is 0 Å². The van der Waals surface area contributed by atoms with Crippen LogP contribution < -0.4 is 5.32 Å². The van der Waals surface area contributed by atoms with E-state index in [2.05, 4.69) is 39.2 Å². The summed E-state index contributed by atoms with van der Waals surface area (Å²) in [7, 11) is 0. The fourth-order valence-electron chi connectivity index (χ4n) is 2.81. The van der Waals surface area contributed by atoms with Gasteiger partial charge in [0.1, 0.15) is 0 Å². The quantitative estimate of drug-likeness (QED) is 0.839. The number of nitrogens with zero attached hydrogens (tertiary/aromatic N) is 1. The molecule has 1 aromatic heterocycles. The standard InChI is InChI=1S/C15H23BrN2/c1-12(14-6-4-2-3-5-7-14)18-10-13-8-15(16)11-17-9-13/h8-9,11-12,14,18H,2-7,10H2,1H3/t12-/m1/s1. The Bertz CT molecular complexity index is 359. The maximum atomic E-state index is 4.20. The molecule has 1 atom stereocenters. The van der Waals surface area contributed by atoms with Gasteiger partial charge < -0.3 is 5.32 Å².